The molecule has 1 rings (SSSR count). The number of halogens is 3. The molecule has 0 aliphatic rings. The van der Waals surface area contributed by atoms with Crippen molar-refractivity contribution in [3.63, 3.8) is 0 Å². The van der Waals surface area contributed by atoms with Crippen molar-refractivity contribution in [3.8, 4) is 0 Å². The lowest BCUT2D eigenvalue weighted by molar-refractivity contribution is 0.155. The minimum Gasteiger partial charge on any atom is -0.383 e. The Hall–Kier alpha value is -0.680. The Morgan fingerprint density at radius 3 is 2.45 bits per heavy atom. The fourth-order valence-corrected chi connectivity index (χ4v) is 2.19. The van der Waals surface area contributed by atoms with Crippen molar-refractivity contribution < 1.29 is 9.53 Å². The van der Waals surface area contributed by atoms with Gasteiger partial charge in [-0.3, -0.25) is 0 Å². The maximum Gasteiger partial charge on any atom is 0.321 e. The van der Waals surface area contributed by atoms with E-state index in [9.17, 15) is 4.79 Å². The first-order chi connectivity index (χ1) is 9.49. The zero-order valence-electron chi connectivity index (χ0n) is 11.4. The molecule has 1 aromatic carbocycles. The number of benzene rings is 1. The SMILES string of the molecule is CCCN(CCOC)C(=O)Nc1cc(Cl)c(Cl)cc1Cl. The van der Waals surface area contributed by atoms with Crippen molar-refractivity contribution in [2.45, 2.75) is 13.3 Å². The fraction of sp³-hybridized carbons (Fsp3) is 0.462. The molecule has 7 heteroatoms. The van der Waals surface area contributed by atoms with Crippen LogP contribution in [-0.2, 0) is 4.74 Å². The third kappa shape index (κ3) is 5.02. The minimum absolute atomic E-state index is 0.246. The molecule has 1 aromatic rings. The number of carbonyl (C=O) groups is 1. The van der Waals surface area contributed by atoms with Crippen LogP contribution in [0.1, 0.15) is 13.3 Å². The topological polar surface area (TPSA) is 41.6 Å². The molecule has 1 N–H and O–H groups in total. The molecule has 0 saturated carbocycles. The second kappa shape index (κ2) is 8.57. The van der Waals surface area contributed by atoms with E-state index in [0.29, 0.717) is 40.5 Å². The first kappa shape index (κ1) is 17.4. The first-order valence-corrected chi connectivity index (χ1v) is 7.32. The summed E-state index contributed by atoms with van der Waals surface area (Å²) in [5.41, 5.74) is 0.435. The number of nitrogens with one attached hydrogen (secondary N) is 1. The van der Waals surface area contributed by atoms with Gasteiger partial charge < -0.3 is 15.0 Å². The average molecular weight is 340 g/mol. The number of anilines is 1. The van der Waals surface area contributed by atoms with E-state index in [1.807, 2.05) is 6.92 Å². The van der Waals surface area contributed by atoms with Crippen LogP contribution in [0.25, 0.3) is 0 Å². The number of ether oxygens (including phenoxy) is 1. The van der Waals surface area contributed by atoms with Crippen molar-refractivity contribution >= 4 is 46.5 Å². The third-order valence-corrected chi connectivity index (χ3v) is 3.63. The molecule has 0 unspecified atom stereocenters. The zero-order chi connectivity index (χ0) is 15.1. The molecule has 0 atom stereocenters. The van der Waals surface area contributed by atoms with Crippen molar-refractivity contribution in [1.29, 1.82) is 0 Å². The molecule has 112 valence electrons. The smallest absolute Gasteiger partial charge is 0.321 e. The lowest BCUT2D eigenvalue weighted by atomic mass is 10.3. The van der Waals surface area contributed by atoms with Crippen LogP contribution in [-0.4, -0.2) is 37.7 Å². The van der Waals surface area contributed by atoms with Gasteiger partial charge in [-0.15, -0.1) is 0 Å². The highest BCUT2D eigenvalue weighted by atomic mass is 35.5. The molecule has 0 saturated heterocycles. The summed E-state index contributed by atoms with van der Waals surface area (Å²) in [5.74, 6) is 0. The first-order valence-electron chi connectivity index (χ1n) is 6.19. The molecule has 0 aliphatic heterocycles. The zero-order valence-corrected chi connectivity index (χ0v) is 13.6. The summed E-state index contributed by atoms with van der Waals surface area (Å²) in [4.78, 5) is 13.8. The van der Waals surface area contributed by atoms with Gasteiger partial charge in [0, 0.05) is 20.2 Å². The fourth-order valence-electron chi connectivity index (χ4n) is 1.60. The number of urea groups is 1. The van der Waals surface area contributed by atoms with E-state index >= 15 is 0 Å². The van der Waals surface area contributed by atoms with E-state index in [1.54, 1.807) is 12.0 Å². The molecule has 0 aromatic heterocycles. The van der Waals surface area contributed by atoms with Crippen molar-refractivity contribution in [3.05, 3.63) is 27.2 Å². The highest BCUT2D eigenvalue weighted by Gasteiger charge is 2.15. The van der Waals surface area contributed by atoms with Gasteiger partial charge in [-0.1, -0.05) is 41.7 Å². The molecule has 0 spiro atoms. The van der Waals surface area contributed by atoms with Gasteiger partial charge in [0.2, 0.25) is 0 Å². The number of hydrogen-bond acceptors (Lipinski definition) is 2. The maximum absolute atomic E-state index is 12.2. The summed E-state index contributed by atoms with van der Waals surface area (Å²) in [6, 6.07) is 2.79. The second-order valence-electron chi connectivity index (χ2n) is 4.16. The Labute approximate surface area is 133 Å². The van der Waals surface area contributed by atoms with Crippen LogP contribution in [0.15, 0.2) is 12.1 Å². The number of hydrogen-bond donors (Lipinski definition) is 1. The van der Waals surface area contributed by atoms with Gasteiger partial charge in [0.15, 0.2) is 0 Å². The maximum atomic E-state index is 12.2. The molecule has 20 heavy (non-hydrogen) atoms. The van der Waals surface area contributed by atoms with Gasteiger partial charge in [-0.25, -0.2) is 4.79 Å². The third-order valence-electron chi connectivity index (χ3n) is 2.60. The van der Waals surface area contributed by atoms with Crippen LogP contribution in [0.5, 0.6) is 0 Å². The monoisotopic (exact) mass is 338 g/mol. The minimum atomic E-state index is -0.246. The molecule has 2 amide bonds. The van der Waals surface area contributed by atoms with Crippen molar-refractivity contribution in [2.24, 2.45) is 0 Å². The van der Waals surface area contributed by atoms with Crippen LogP contribution >= 0.6 is 34.8 Å². The summed E-state index contributed by atoms with van der Waals surface area (Å²) in [7, 11) is 1.60. The highest BCUT2D eigenvalue weighted by Crippen LogP contribution is 2.32. The van der Waals surface area contributed by atoms with Crippen LogP contribution in [0.2, 0.25) is 15.1 Å². The predicted molar refractivity (Wildman–Crippen MR) is 84.2 cm³/mol. The van der Waals surface area contributed by atoms with Gasteiger partial charge in [0.25, 0.3) is 0 Å². The lowest BCUT2D eigenvalue weighted by Crippen LogP contribution is -2.37. The number of carbonyl (C=O) groups excluding carboxylic acids is 1. The second-order valence-corrected chi connectivity index (χ2v) is 5.38. The normalized spacial score (nSPS) is 10.4. The highest BCUT2D eigenvalue weighted by molar-refractivity contribution is 6.44. The van der Waals surface area contributed by atoms with Gasteiger partial charge in [-0.2, -0.15) is 0 Å². The molecule has 0 aliphatic carbocycles. The summed E-state index contributed by atoms with van der Waals surface area (Å²) in [5, 5.41) is 3.76. The van der Waals surface area contributed by atoms with Gasteiger partial charge in [-0.05, 0) is 18.6 Å². The van der Waals surface area contributed by atoms with Crippen LogP contribution < -0.4 is 5.32 Å². The Morgan fingerprint density at radius 1 is 1.20 bits per heavy atom. The standard InChI is InChI=1S/C13H17Cl3N2O2/c1-3-4-18(5-6-20-2)13(19)17-12-8-10(15)9(14)7-11(12)16/h7-8H,3-6H2,1-2H3,(H,17,19). The molecule has 0 heterocycles. The molecular weight excluding hydrogens is 323 g/mol. The van der Waals surface area contributed by atoms with E-state index in [1.165, 1.54) is 12.1 Å². The molecule has 0 radical (unpaired) electrons. The van der Waals surface area contributed by atoms with Gasteiger partial charge >= 0.3 is 6.03 Å². The Bertz CT molecular complexity index is 469. The van der Waals surface area contributed by atoms with Crippen molar-refractivity contribution in [2.75, 3.05) is 32.1 Å². The van der Waals surface area contributed by atoms with Gasteiger partial charge in [0.05, 0.1) is 27.4 Å². The Morgan fingerprint density at radius 2 is 1.85 bits per heavy atom. The predicted octanol–water partition coefficient (Wildman–Crippen LogP) is 4.54. The summed E-state index contributed by atoms with van der Waals surface area (Å²) < 4.78 is 4.99. The molecule has 4 nitrogen and oxygen atoms in total. The number of nitrogens with zero attached hydrogens (tertiary/aromatic N) is 1. The summed E-state index contributed by atoms with van der Waals surface area (Å²) >= 11 is 17.8. The van der Waals surface area contributed by atoms with Crippen LogP contribution in [0, 0.1) is 0 Å². The van der Waals surface area contributed by atoms with E-state index in [4.69, 9.17) is 39.5 Å². The Kier molecular flexibility index (Phi) is 7.45. The summed E-state index contributed by atoms with van der Waals surface area (Å²) in [6.07, 6.45) is 0.853. The largest absolute Gasteiger partial charge is 0.383 e. The Balaban J connectivity index is 2.79. The van der Waals surface area contributed by atoms with E-state index in [-0.39, 0.29) is 6.03 Å². The quantitative estimate of drug-likeness (QED) is 0.773. The number of rotatable bonds is 6. The lowest BCUT2D eigenvalue weighted by Gasteiger charge is -2.22. The van der Waals surface area contributed by atoms with Crippen LogP contribution in [0.4, 0.5) is 10.5 Å². The number of methoxy groups -OCH3 is 1. The number of amides is 2. The van der Waals surface area contributed by atoms with Gasteiger partial charge in [0.1, 0.15) is 0 Å². The van der Waals surface area contributed by atoms with E-state index < -0.39 is 0 Å². The summed E-state index contributed by atoms with van der Waals surface area (Å²) in [6.45, 7) is 3.62. The average Bonchev–Trinajstić information content (AvgIpc) is 2.40. The molecular formula is C13H17Cl3N2O2. The molecule has 0 fully saturated rings. The van der Waals surface area contributed by atoms with Crippen molar-refractivity contribution in [1.82, 2.24) is 4.90 Å². The van der Waals surface area contributed by atoms with E-state index in [0.717, 1.165) is 6.42 Å². The molecule has 0 bridgehead atoms. The van der Waals surface area contributed by atoms with Crippen LogP contribution in [0.3, 0.4) is 0 Å². The van der Waals surface area contributed by atoms with E-state index in [2.05, 4.69) is 5.32 Å².